The van der Waals surface area contributed by atoms with Crippen LogP contribution < -0.4 is 10.6 Å². The summed E-state index contributed by atoms with van der Waals surface area (Å²) in [4.78, 5) is 23.5. The van der Waals surface area contributed by atoms with Crippen molar-refractivity contribution in [3.63, 3.8) is 0 Å². The topological polar surface area (TPSA) is 259 Å². The van der Waals surface area contributed by atoms with Gasteiger partial charge < -0.3 is 66.1 Å². The molecule has 1 heterocycles. The number of carbonyl (C=O) groups excluding carboxylic acids is 2. The second-order valence-electron chi connectivity index (χ2n) is 7.48. The van der Waals surface area contributed by atoms with Gasteiger partial charge in [-0.05, 0) is 6.92 Å². The van der Waals surface area contributed by atoms with Gasteiger partial charge in [-0.2, -0.15) is 0 Å². The lowest BCUT2D eigenvalue weighted by atomic mass is 9.96. The molecule has 1 aliphatic heterocycles. The van der Waals surface area contributed by atoms with Gasteiger partial charge in [0.1, 0.15) is 36.6 Å². The van der Waals surface area contributed by atoms with Crippen molar-refractivity contribution in [2.45, 2.75) is 61.7 Å². The summed E-state index contributed by atoms with van der Waals surface area (Å²) in [7, 11) is 0. The summed E-state index contributed by atoms with van der Waals surface area (Å²) in [5.41, 5.74) is 0.213. The number of aliphatic hydroxyl groups excluding tert-OH is 8. The van der Waals surface area contributed by atoms with Gasteiger partial charge in [0.2, 0.25) is 11.7 Å². The number of hydrogen-bond acceptors (Lipinski definition) is 13. The molecular weight excluding hydrogens is 452 g/mol. The van der Waals surface area contributed by atoms with E-state index in [4.69, 9.17) is 9.47 Å². The van der Waals surface area contributed by atoms with E-state index in [1.807, 2.05) is 0 Å². The molecule has 0 aliphatic carbocycles. The predicted octanol–water partition coefficient (Wildman–Crippen LogP) is -6.62. The Bertz CT molecular complexity index is 678. The van der Waals surface area contributed by atoms with E-state index in [9.17, 15) is 55.5 Å². The van der Waals surface area contributed by atoms with Gasteiger partial charge in [0.15, 0.2) is 12.4 Å². The molecule has 0 aromatic rings. The first-order valence-corrected chi connectivity index (χ1v) is 9.88. The van der Waals surface area contributed by atoms with E-state index < -0.39 is 79.8 Å². The van der Waals surface area contributed by atoms with Gasteiger partial charge in [-0.1, -0.05) is 6.58 Å². The molecule has 0 bridgehead atoms. The highest BCUT2D eigenvalue weighted by molar-refractivity contribution is 5.92. The third kappa shape index (κ3) is 7.11. The van der Waals surface area contributed by atoms with Gasteiger partial charge >= 0.3 is 0 Å². The Morgan fingerprint density at radius 2 is 1.64 bits per heavy atom. The Morgan fingerprint density at radius 3 is 2.15 bits per heavy atom. The molecule has 1 saturated heterocycles. The van der Waals surface area contributed by atoms with Crippen LogP contribution in [0.5, 0.6) is 0 Å². The molecule has 33 heavy (non-hydrogen) atoms. The quantitative estimate of drug-likeness (QED) is 0.0700. The van der Waals surface area contributed by atoms with E-state index in [-0.39, 0.29) is 18.7 Å². The number of carbonyl (C=O) groups is 2. The zero-order valence-corrected chi connectivity index (χ0v) is 17.8. The molecule has 11 N–H and O–H groups in total. The third-order valence-electron chi connectivity index (χ3n) is 4.89. The highest BCUT2D eigenvalue weighted by Gasteiger charge is 2.54. The molecule has 9 atom stereocenters. The summed E-state index contributed by atoms with van der Waals surface area (Å²) in [6.45, 7) is 2.46. The van der Waals surface area contributed by atoms with Crippen molar-refractivity contribution >= 4 is 11.8 Å². The first kappa shape index (κ1) is 29.3. The van der Waals surface area contributed by atoms with Gasteiger partial charge in [0, 0.05) is 18.7 Å². The van der Waals surface area contributed by atoms with Crippen LogP contribution >= 0.6 is 0 Å². The lowest BCUT2D eigenvalue weighted by Gasteiger charge is -2.45. The monoisotopic (exact) mass is 484 g/mol. The molecule has 1 fully saturated rings. The lowest BCUT2D eigenvalue weighted by Crippen LogP contribution is -2.67. The fourth-order valence-electron chi connectivity index (χ4n) is 2.81. The van der Waals surface area contributed by atoms with Gasteiger partial charge in [-0.15, -0.1) is 0 Å². The number of aliphatic hydroxyl groups is 9. The maximum absolute atomic E-state index is 12.1. The van der Waals surface area contributed by atoms with E-state index in [1.165, 1.54) is 6.92 Å². The van der Waals surface area contributed by atoms with Crippen LogP contribution in [0.1, 0.15) is 6.92 Å². The Kier molecular flexibility index (Phi) is 11.2. The molecule has 15 nitrogen and oxygen atoms in total. The minimum absolute atomic E-state index is 0.0782. The van der Waals surface area contributed by atoms with Crippen molar-refractivity contribution in [3.05, 3.63) is 12.2 Å². The summed E-state index contributed by atoms with van der Waals surface area (Å²) in [6.07, 6.45) is -16.8. The summed E-state index contributed by atoms with van der Waals surface area (Å²) in [5, 5.41) is 93.7. The minimum atomic E-state index is -3.34. The molecule has 1 aliphatic rings. The lowest BCUT2D eigenvalue weighted by molar-refractivity contribution is -0.401. The van der Waals surface area contributed by atoms with Crippen molar-refractivity contribution in [1.82, 2.24) is 10.6 Å². The second-order valence-corrected chi connectivity index (χ2v) is 7.48. The maximum Gasteiger partial charge on any atom is 0.251 e. The Balaban J connectivity index is 2.91. The molecule has 0 aromatic heterocycles. The molecule has 0 radical (unpaired) electrons. The molecule has 0 aromatic carbocycles. The number of amides is 2. The molecule has 15 heteroatoms. The molecule has 192 valence electrons. The van der Waals surface area contributed by atoms with E-state index >= 15 is 0 Å². The molecule has 0 spiro atoms. The van der Waals surface area contributed by atoms with Crippen molar-refractivity contribution in [2.24, 2.45) is 0 Å². The number of hydrogen-bond donors (Lipinski definition) is 11. The summed E-state index contributed by atoms with van der Waals surface area (Å²) in [5.74, 6) is -5.10. The molecule has 1 rings (SSSR count). The average molecular weight is 484 g/mol. The highest BCUT2D eigenvalue weighted by Crippen LogP contribution is 2.29. The molecule has 0 unspecified atom stereocenters. The predicted molar refractivity (Wildman–Crippen MR) is 106 cm³/mol. The number of rotatable bonds is 12. The zero-order chi connectivity index (χ0) is 25.5. The molecular formula is C18H32N2O13. The fraction of sp³-hybridized carbons (Fsp3) is 0.778. The van der Waals surface area contributed by atoms with Crippen LogP contribution in [-0.4, -0.2) is 139 Å². The van der Waals surface area contributed by atoms with Gasteiger partial charge in [0.05, 0.1) is 13.2 Å². The minimum Gasteiger partial charge on any atom is -0.394 e. The SMILES string of the molecule is C=C(C)C(=O)NCCNC(=O)[C@H](O)[C@H](O)[C@@](O)(O[C@@H]1O[C@H](CO)[C@H](O)[C@H](O)[C@H]1O)[C@H](O)CO. The second kappa shape index (κ2) is 12.6. The Morgan fingerprint density at radius 1 is 1.06 bits per heavy atom. The van der Waals surface area contributed by atoms with Crippen LogP contribution in [-0.2, 0) is 19.1 Å². The first-order chi connectivity index (χ1) is 15.3. The summed E-state index contributed by atoms with van der Waals surface area (Å²) >= 11 is 0. The Hall–Kier alpha value is -1.76. The van der Waals surface area contributed by atoms with Crippen LogP contribution in [0.2, 0.25) is 0 Å². The van der Waals surface area contributed by atoms with Gasteiger partial charge in [0.25, 0.3) is 5.91 Å². The largest absolute Gasteiger partial charge is 0.394 e. The van der Waals surface area contributed by atoms with Crippen LogP contribution in [0.15, 0.2) is 12.2 Å². The van der Waals surface area contributed by atoms with Crippen molar-refractivity contribution in [2.75, 3.05) is 26.3 Å². The summed E-state index contributed by atoms with van der Waals surface area (Å²) < 4.78 is 9.95. The average Bonchev–Trinajstić information content (AvgIpc) is 2.79. The van der Waals surface area contributed by atoms with Crippen molar-refractivity contribution in [3.8, 4) is 0 Å². The van der Waals surface area contributed by atoms with E-state index in [1.54, 1.807) is 0 Å². The fourth-order valence-corrected chi connectivity index (χ4v) is 2.81. The molecule has 2 amide bonds. The van der Waals surface area contributed by atoms with Gasteiger partial charge in [-0.25, -0.2) is 0 Å². The number of ether oxygens (including phenoxy) is 2. The van der Waals surface area contributed by atoms with E-state index in [2.05, 4.69) is 17.2 Å². The zero-order valence-electron chi connectivity index (χ0n) is 17.8. The van der Waals surface area contributed by atoms with Crippen molar-refractivity contribution < 1.29 is 65.0 Å². The molecule has 0 saturated carbocycles. The standard InChI is InChI=1S/C18H32N2O13/c1-7(2)15(29)19-3-4-20-16(30)13(27)14(28)18(31,9(23)6-22)33-17-12(26)11(25)10(24)8(5-21)32-17/h8-14,17,21-28,31H,1,3-6H2,2H3,(H,19,29)(H,20,30)/t8-,9-,10+,11+,12-,13-,14+,17+,18+/m1/s1. The van der Waals surface area contributed by atoms with E-state index in [0.29, 0.717) is 0 Å². The Labute approximate surface area is 188 Å². The van der Waals surface area contributed by atoms with Crippen LogP contribution in [0, 0.1) is 0 Å². The normalized spacial score (nSPS) is 29.9. The summed E-state index contributed by atoms with van der Waals surface area (Å²) in [6, 6.07) is 0. The highest BCUT2D eigenvalue weighted by atomic mass is 16.8. The first-order valence-electron chi connectivity index (χ1n) is 9.88. The maximum atomic E-state index is 12.1. The van der Waals surface area contributed by atoms with Crippen LogP contribution in [0.3, 0.4) is 0 Å². The van der Waals surface area contributed by atoms with Crippen LogP contribution in [0.25, 0.3) is 0 Å². The smallest absolute Gasteiger partial charge is 0.251 e. The third-order valence-corrected chi connectivity index (χ3v) is 4.89. The van der Waals surface area contributed by atoms with Gasteiger partial charge in [-0.3, -0.25) is 9.59 Å². The number of nitrogens with one attached hydrogen (secondary N) is 2. The van der Waals surface area contributed by atoms with Crippen LogP contribution in [0.4, 0.5) is 0 Å². The van der Waals surface area contributed by atoms with Crippen molar-refractivity contribution in [1.29, 1.82) is 0 Å². The van der Waals surface area contributed by atoms with E-state index in [0.717, 1.165) is 0 Å².